The molecular weight excluding hydrogens is 348 g/mol. The lowest BCUT2D eigenvalue weighted by atomic mass is 9.95. The molecule has 3 rings (SSSR count). The van der Waals surface area contributed by atoms with Crippen LogP contribution in [0, 0.1) is 5.41 Å². The Kier molecular flexibility index (Phi) is 5.07. The first-order chi connectivity index (χ1) is 12.9. The van der Waals surface area contributed by atoms with Gasteiger partial charge in [0.25, 0.3) is 0 Å². The maximum absolute atomic E-state index is 11.1. The summed E-state index contributed by atoms with van der Waals surface area (Å²) in [6.07, 6.45) is 1.69. The van der Waals surface area contributed by atoms with Crippen LogP contribution in [0.2, 0.25) is 0 Å². The minimum Gasteiger partial charge on any atom is -0.481 e. The van der Waals surface area contributed by atoms with Gasteiger partial charge in [-0.1, -0.05) is 24.3 Å². The highest BCUT2D eigenvalue weighted by Gasteiger charge is 2.28. The molecule has 3 aromatic rings. The Balaban J connectivity index is 1.69. The number of rotatable bonds is 7. The summed E-state index contributed by atoms with van der Waals surface area (Å²) in [5, 5.41) is 15.9. The Hall–Kier alpha value is -3.42. The van der Waals surface area contributed by atoms with E-state index in [2.05, 4.69) is 20.2 Å². The van der Waals surface area contributed by atoms with Crippen LogP contribution in [-0.4, -0.2) is 45.0 Å². The van der Waals surface area contributed by atoms with Gasteiger partial charge in [-0.05, 0) is 25.5 Å². The predicted octanol–water partition coefficient (Wildman–Crippen LogP) is 3.03. The number of nitrogens with one attached hydrogen (secondary N) is 1. The molecule has 0 fully saturated rings. The van der Waals surface area contributed by atoms with Crippen molar-refractivity contribution in [3.8, 4) is 34.4 Å². The van der Waals surface area contributed by atoms with Crippen LogP contribution < -0.4 is 9.47 Å². The van der Waals surface area contributed by atoms with Gasteiger partial charge in [0.2, 0.25) is 5.88 Å². The summed E-state index contributed by atoms with van der Waals surface area (Å²) in [6, 6.07) is 11.7. The van der Waals surface area contributed by atoms with E-state index in [-0.39, 0.29) is 6.61 Å². The molecule has 2 N–H and O–H groups in total. The van der Waals surface area contributed by atoms with Gasteiger partial charge in [-0.3, -0.25) is 9.89 Å². The molecule has 0 bridgehead atoms. The lowest BCUT2D eigenvalue weighted by Gasteiger charge is -2.18. The van der Waals surface area contributed by atoms with Crippen molar-refractivity contribution in [3.05, 3.63) is 42.6 Å². The highest BCUT2D eigenvalue weighted by atomic mass is 16.5. The molecular formula is C19H20N4O4. The SMILES string of the molecule is COc1n[nH]c(-c2ccc(-c3ccc(OCC(C)(C)C(=O)O)nc3)cc2)n1. The Bertz CT molecular complexity index is 918. The second-order valence-corrected chi connectivity index (χ2v) is 6.61. The van der Waals surface area contributed by atoms with Crippen molar-refractivity contribution in [2.75, 3.05) is 13.7 Å². The lowest BCUT2D eigenvalue weighted by molar-refractivity contribution is -0.148. The fourth-order valence-electron chi connectivity index (χ4n) is 2.24. The van der Waals surface area contributed by atoms with E-state index in [1.54, 1.807) is 26.1 Å². The number of aromatic nitrogens is 4. The van der Waals surface area contributed by atoms with Gasteiger partial charge in [0.15, 0.2) is 5.82 Å². The van der Waals surface area contributed by atoms with Crippen LogP contribution in [0.15, 0.2) is 42.6 Å². The molecule has 2 aromatic heterocycles. The van der Waals surface area contributed by atoms with Crippen molar-refractivity contribution < 1.29 is 19.4 Å². The Labute approximate surface area is 156 Å². The second-order valence-electron chi connectivity index (χ2n) is 6.61. The van der Waals surface area contributed by atoms with Gasteiger partial charge in [0, 0.05) is 23.4 Å². The molecule has 8 heteroatoms. The van der Waals surface area contributed by atoms with Crippen LogP contribution in [0.25, 0.3) is 22.5 Å². The first-order valence-electron chi connectivity index (χ1n) is 8.28. The maximum atomic E-state index is 11.1. The quantitative estimate of drug-likeness (QED) is 0.659. The number of methoxy groups -OCH3 is 1. The number of ether oxygens (including phenoxy) is 2. The zero-order valence-corrected chi connectivity index (χ0v) is 15.3. The number of pyridine rings is 1. The lowest BCUT2D eigenvalue weighted by Crippen LogP contribution is -2.30. The first-order valence-corrected chi connectivity index (χ1v) is 8.28. The fourth-order valence-corrected chi connectivity index (χ4v) is 2.24. The molecule has 0 aliphatic carbocycles. The topological polar surface area (TPSA) is 110 Å². The molecule has 0 spiro atoms. The number of aliphatic carboxylic acids is 1. The Morgan fingerprint density at radius 2 is 1.78 bits per heavy atom. The molecule has 2 heterocycles. The molecule has 1 aromatic carbocycles. The van der Waals surface area contributed by atoms with E-state index >= 15 is 0 Å². The Morgan fingerprint density at radius 1 is 1.11 bits per heavy atom. The zero-order chi connectivity index (χ0) is 19.4. The van der Waals surface area contributed by atoms with Gasteiger partial charge in [-0.15, -0.1) is 5.10 Å². The molecule has 0 aliphatic heterocycles. The molecule has 0 radical (unpaired) electrons. The Morgan fingerprint density at radius 3 is 2.33 bits per heavy atom. The largest absolute Gasteiger partial charge is 0.481 e. The zero-order valence-electron chi connectivity index (χ0n) is 15.3. The van der Waals surface area contributed by atoms with Crippen LogP contribution >= 0.6 is 0 Å². The number of hydrogen-bond acceptors (Lipinski definition) is 6. The summed E-state index contributed by atoms with van der Waals surface area (Å²) in [7, 11) is 1.51. The first kappa shape index (κ1) is 18.4. The van der Waals surface area contributed by atoms with Crippen LogP contribution in [0.1, 0.15) is 13.8 Å². The van der Waals surface area contributed by atoms with Crippen LogP contribution in [0.4, 0.5) is 0 Å². The van der Waals surface area contributed by atoms with Crippen molar-refractivity contribution >= 4 is 5.97 Å². The summed E-state index contributed by atoms with van der Waals surface area (Å²) in [4.78, 5) is 19.6. The molecule has 0 atom stereocenters. The van der Waals surface area contributed by atoms with Crippen molar-refractivity contribution in [1.29, 1.82) is 0 Å². The van der Waals surface area contributed by atoms with E-state index < -0.39 is 11.4 Å². The molecule has 0 saturated heterocycles. The smallest absolute Gasteiger partial charge is 0.335 e. The van der Waals surface area contributed by atoms with Crippen LogP contribution in [0.3, 0.4) is 0 Å². The van der Waals surface area contributed by atoms with E-state index in [0.29, 0.717) is 17.7 Å². The molecule has 8 nitrogen and oxygen atoms in total. The van der Waals surface area contributed by atoms with Crippen molar-refractivity contribution in [1.82, 2.24) is 20.2 Å². The molecule has 0 saturated carbocycles. The number of carboxylic acid groups (broad SMARTS) is 1. The third-order valence-corrected chi connectivity index (χ3v) is 4.04. The minimum absolute atomic E-state index is 0.0457. The van der Waals surface area contributed by atoms with Crippen molar-refractivity contribution in [3.63, 3.8) is 0 Å². The van der Waals surface area contributed by atoms with E-state index in [1.807, 2.05) is 30.3 Å². The fraction of sp³-hybridized carbons (Fsp3) is 0.263. The van der Waals surface area contributed by atoms with Gasteiger partial charge in [-0.2, -0.15) is 4.98 Å². The second kappa shape index (κ2) is 7.45. The molecule has 0 amide bonds. The summed E-state index contributed by atoms with van der Waals surface area (Å²) in [6.45, 7) is 3.26. The summed E-state index contributed by atoms with van der Waals surface area (Å²) < 4.78 is 10.5. The maximum Gasteiger partial charge on any atom is 0.335 e. The van der Waals surface area contributed by atoms with Crippen molar-refractivity contribution in [2.24, 2.45) is 5.41 Å². The number of hydrogen-bond donors (Lipinski definition) is 2. The van der Waals surface area contributed by atoms with E-state index in [1.165, 1.54) is 7.11 Å². The number of carbonyl (C=O) groups is 1. The summed E-state index contributed by atoms with van der Waals surface area (Å²) in [5.41, 5.74) is 1.81. The third kappa shape index (κ3) is 4.22. The van der Waals surface area contributed by atoms with Crippen molar-refractivity contribution in [2.45, 2.75) is 13.8 Å². The summed E-state index contributed by atoms with van der Waals surface area (Å²) >= 11 is 0. The average Bonchev–Trinajstić information content (AvgIpc) is 3.16. The molecule has 140 valence electrons. The highest BCUT2D eigenvalue weighted by molar-refractivity contribution is 5.73. The predicted molar refractivity (Wildman–Crippen MR) is 98.5 cm³/mol. The average molecular weight is 368 g/mol. The number of aromatic amines is 1. The molecule has 0 unspecified atom stereocenters. The standard InChI is InChI=1S/C19H20N4O4/c1-19(2,17(24)25)11-27-15-9-8-14(10-20-15)12-4-6-13(7-5-12)16-21-18(26-3)23-22-16/h4-10H,11H2,1-3H3,(H,24,25)(H,21,22,23). The third-order valence-electron chi connectivity index (χ3n) is 4.04. The van der Waals surface area contributed by atoms with Gasteiger partial charge < -0.3 is 14.6 Å². The van der Waals surface area contributed by atoms with Gasteiger partial charge in [0.05, 0.1) is 12.5 Å². The number of carboxylic acids is 1. The van der Waals surface area contributed by atoms with Crippen LogP contribution in [-0.2, 0) is 4.79 Å². The van der Waals surface area contributed by atoms with E-state index in [4.69, 9.17) is 14.6 Å². The van der Waals surface area contributed by atoms with E-state index in [0.717, 1.165) is 16.7 Å². The van der Waals surface area contributed by atoms with Gasteiger partial charge >= 0.3 is 12.0 Å². The number of nitrogens with zero attached hydrogens (tertiary/aromatic N) is 3. The monoisotopic (exact) mass is 368 g/mol. The van der Waals surface area contributed by atoms with Gasteiger partial charge in [0.1, 0.15) is 6.61 Å². The minimum atomic E-state index is -0.973. The van der Waals surface area contributed by atoms with E-state index in [9.17, 15) is 4.79 Å². The van der Waals surface area contributed by atoms with Crippen LogP contribution in [0.5, 0.6) is 11.9 Å². The van der Waals surface area contributed by atoms with Gasteiger partial charge in [-0.25, -0.2) is 4.98 Å². The molecule has 27 heavy (non-hydrogen) atoms. The number of benzene rings is 1. The number of H-pyrrole nitrogens is 1. The molecule has 0 aliphatic rings. The normalized spacial score (nSPS) is 11.2. The summed E-state index contributed by atoms with van der Waals surface area (Å²) in [5.74, 6) is 0.100. The highest BCUT2D eigenvalue weighted by Crippen LogP contribution is 2.25.